The van der Waals surface area contributed by atoms with Crippen molar-refractivity contribution in [3.63, 3.8) is 0 Å². The molecule has 0 saturated heterocycles. The number of alkyl halides is 3. The first-order valence-corrected chi connectivity index (χ1v) is 4.76. The van der Waals surface area contributed by atoms with Crippen molar-refractivity contribution in [1.82, 2.24) is 0 Å². The van der Waals surface area contributed by atoms with Crippen molar-refractivity contribution in [1.29, 1.82) is 0 Å². The summed E-state index contributed by atoms with van der Waals surface area (Å²) in [6.45, 7) is 0. The van der Waals surface area contributed by atoms with Crippen LogP contribution in [0.25, 0.3) is 0 Å². The Hall–Kier alpha value is -1.72. The van der Waals surface area contributed by atoms with Gasteiger partial charge in [0.15, 0.2) is 0 Å². The standard InChI is InChI=1S/C11H11F3O3/c1-17-9-3-2-7(6-11(12,13)14)8(4-9)5-10(15)16/h2-4H,5-6H2,1H3,(H,15,16). The van der Waals surface area contributed by atoms with Crippen molar-refractivity contribution in [3.8, 4) is 5.75 Å². The Labute approximate surface area is 95.8 Å². The van der Waals surface area contributed by atoms with Crippen molar-refractivity contribution in [2.45, 2.75) is 19.0 Å². The maximum atomic E-state index is 12.3. The Bertz CT molecular complexity index is 413. The molecular formula is C11H11F3O3. The number of benzene rings is 1. The largest absolute Gasteiger partial charge is 0.497 e. The molecule has 1 aromatic rings. The molecule has 1 aromatic carbocycles. The number of aliphatic carboxylic acids is 1. The number of carbonyl (C=O) groups is 1. The first-order chi connectivity index (χ1) is 7.81. The number of hydrogen-bond donors (Lipinski definition) is 1. The van der Waals surface area contributed by atoms with E-state index in [1.54, 1.807) is 0 Å². The predicted molar refractivity (Wildman–Crippen MR) is 54.1 cm³/mol. The zero-order valence-corrected chi connectivity index (χ0v) is 9.04. The van der Waals surface area contributed by atoms with Crippen LogP contribution in [0.4, 0.5) is 13.2 Å². The first-order valence-electron chi connectivity index (χ1n) is 4.76. The predicted octanol–water partition coefficient (Wildman–Crippen LogP) is 2.43. The second kappa shape index (κ2) is 5.07. The van der Waals surface area contributed by atoms with Crippen LogP contribution in [0.2, 0.25) is 0 Å². The van der Waals surface area contributed by atoms with Gasteiger partial charge in [-0.25, -0.2) is 0 Å². The lowest BCUT2D eigenvalue weighted by Crippen LogP contribution is -2.14. The van der Waals surface area contributed by atoms with Crippen molar-refractivity contribution in [3.05, 3.63) is 29.3 Å². The van der Waals surface area contributed by atoms with E-state index in [2.05, 4.69) is 0 Å². The van der Waals surface area contributed by atoms with E-state index in [4.69, 9.17) is 9.84 Å². The minimum atomic E-state index is -4.36. The van der Waals surface area contributed by atoms with Gasteiger partial charge in [-0.15, -0.1) is 0 Å². The van der Waals surface area contributed by atoms with Gasteiger partial charge in [-0.1, -0.05) is 6.07 Å². The number of carboxylic acids is 1. The summed E-state index contributed by atoms with van der Waals surface area (Å²) in [4.78, 5) is 10.6. The number of carboxylic acid groups (broad SMARTS) is 1. The molecule has 0 unspecified atom stereocenters. The Morgan fingerprint density at radius 3 is 2.47 bits per heavy atom. The van der Waals surface area contributed by atoms with Crippen LogP contribution in [0.3, 0.4) is 0 Å². The molecule has 94 valence electrons. The topological polar surface area (TPSA) is 46.5 Å². The van der Waals surface area contributed by atoms with Crippen LogP contribution in [0.5, 0.6) is 5.75 Å². The molecule has 0 bridgehead atoms. The summed E-state index contributed by atoms with van der Waals surface area (Å²) in [5, 5.41) is 8.63. The van der Waals surface area contributed by atoms with Gasteiger partial charge in [0.2, 0.25) is 0 Å². The summed E-state index contributed by atoms with van der Waals surface area (Å²) in [7, 11) is 1.36. The Balaban J connectivity index is 3.06. The number of ether oxygens (including phenoxy) is 1. The number of methoxy groups -OCH3 is 1. The van der Waals surface area contributed by atoms with Gasteiger partial charge in [0.1, 0.15) is 5.75 Å². The fourth-order valence-corrected chi connectivity index (χ4v) is 1.45. The summed E-state index contributed by atoms with van der Waals surface area (Å²) >= 11 is 0. The highest BCUT2D eigenvalue weighted by Crippen LogP contribution is 2.26. The van der Waals surface area contributed by atoms with Crippen LogP contribution in [0.15, 0.2) is 18.2 Å². The van der Waals surface area contributed by atoms with E-state index in [-0.39, 0.29) is 11.1 Å². The molecule has 0 aliphatic carbocycles. The molecule has 17 heavy (non-hydrogen) atoms. The number of hydrogen-bond acceptors (Lipinski definition) is 2. The molecule has 3 nitrogen and oxygen atoms in total. The van der Waals surface area contributed by atoms with Gasteiger partial charge in [-0.2, -0.15) is 13.2 Å². The van der Waals surface area contributed by atoms with Crippen molar-refractivity contribution >= 4 is 5.97 Å². The SMILES string of the molecule is COc1ccc(CC(F)(F)F)c(CC(=O)O)c1. The first kappa shape index (κ1) is 13.3. The Morgan fingerprint density at radius 2 is 2.00 bits per heavy atom. The number of halogens is 3. The molecular weight excluding hydrogens is 237 g/mol. The molecule has 0 amide bonds. The third-order valence-corrected chi connectivity index (χ3v) is 2.15. The highest BCUT2D eigenvalue weighted by Gasteiger charge is 2.29. The van der Waals surface area contributed by atoms with Crippen LogP contribution in [-0.4, -0.2) is 24.4 Å². The van der Waals surface area contributed by atoms with Gasteiger partial charge in [-0.05, 0) is 23.3 Å². The van der Waals surface area contributed by atoms with Gasteiger partial charge in [-0.3, -0.25) is 4.79 Å². The fourth-order valence-electron chi connectivity index (χ4n) is 1.45. The third-order valence-electron chi connectivity index (χ3n) is 2.15. The van der Waals surface area contributed by atoms with E-state index in [1.807, 2.05) is 0 Å². The maximum absolute atomic E-state index is 12.3. The van der Waals surface area contributed by atoms with Crippen LogP contribution in [0.1, 0.15) is 11.1 Å². The molecule has 0 spiro atoms. The van der Waals surface area contributed by atoms with Crippen molar-refractivity contribution < 1.29 is 27.8 Å². The molecule has 0 saturated carbocycles. The summed E-state index contributed by atoms with van der Waals surface area (Å²) in [6.07, 6.45) is -5.95. The maximum Gasteiger partial charge on any atom is 0.393 e. The lowest BCUT2D eigenvalue weighted by atomic mass is 10.0. The average Bonchev–Trinajstić information content (AvgIpc) is 2.17. The second-order valence-corrected chi connectivity index (χ2v) is 3.50. The van der Waals surface area contributed by atoms with Gasteiger partial charge in [0.05, 0.1) is 20.0 Å². The monoisotopic (exact) mass is 248 g/mol. The lowest BCUT2D eigenvalue weighted by molar-refractivity contribution is -0.136. The summed E-state index contributed by atoms with van der Waals surface area (Å²) in [5.74, 6) is -0.839. The molecule has 0 radical (unpaired) electrons. The van der Waals surface area contributed by atoms with E-state index < -0.39 is 25.0 Å². The molecule has 0 atom stereocenters. The third kappa shape index (κ3) is 4.34. The van der Waals surface area contributed by atoms with Crippen LogP contribution < -0.4 is 4.74 Å². The number of rotatable bonds is 4. The molecule has 0 heterocycles. The van der Waals surface area contributed by atoms with Crippen LogP contribution >= 0.6 is 0 Å². The second-order valence-electron chi connectivity index (χ2n) is 3.50. The van der Waals surface area contributed by atoms with E-state index in [0.717, 1.165) is 0 Å². The Morgan fingerprint density at radius 1 is 1.35 bits per heavy atom. The van der Waals surface area contributed by atoms with Gasteiger partial charge >= 0.3 is 12.1 Å². The fraction of sp³-hybridized carbons (Fsp3) is 0.364. The van der Waals surface area contributed by atoms with E-state index in [0.29, 0.717) is 5.75 Å². The van der Waals surface area contributed by atoms with Gasteiger partial charge in [0, 0.05) is 0 Å². The zero-order chi connectivity index (χ0) is 13.1. The highest BCUT2D eigenvalue weighted by atomic mass is 19.4. The molecule has 0 fully saturated rings. The molecule has 1 N–H and O–H groups in total. The van der Waals surface area contributed by atoms with Crippen molar-refractivity contribution in [2.24, 2.45) is 0 Å². The molecule has 0 aromatic heterocycles. The van der Waals surface area contributed by atoms with E-state index in [1.165, 1.54) is 25.3 Å². The minimum absolute atomic E-state index is 0.0410. The van der Waals surface area contributed by atoms with Crippen molar-refractivity contribution in [2.75, 3.05) is 7.11 Å². The summed E-state index contributed by atoms with van der Waals surface area (Å²) < 4.78 is 41.6. The lowest BCUT2D eigenvalue weighted by Gasteiger charge is -2.12. The van der Waals surface area contributed by atoms with Gasteiger partial charge in [0.25, 0.3) is 0 Å². The normalized spacial score (nSPS) is 11.3. The molecule has 0 aliphatic rings. The Kier molecular flexibility index (Phi) is 3.98. The van der Waals surface area contributed by atoms with Crippen LogP contribution in [0, 0.1) is 0 Å². The minimum Gasteiger partial charge on any atom is -0.497 e. The highest BCUT2D eigenvalue weighted by molar-refractivity contribution is 5.71. The van der Waals surface area contributed by atoms with E-state index in [9.17, 15) is 18.0 Å². The molecule has 0 aliphatic heterocycles. The van der Waals surface area contributed by atoms with E-state index >= 15 is 0 Å². The van der Waals surface area contributed by atoms with Gasteiger partial charge < -0.3 is 9.84 Å². The molecule has 6 heteroatoms. The quantitative estimate of drug-likeness (QED) is 0.890. The zero-order valence-electron chi connectivity index (χ0n) is 9.04. The smallest absolute Gasteiger partial charge is 0.393 e. The average molecular weight is 248 g/mol. The molecule has 1 rings (SSSR count). The summed E-state index contributed by atoms with van der Waals surface area (Å²) in [6, 6.07) is 3.94. The summed E-state index contributed by atoms with van der Waals surface area (Å²) in [5.41, 5.74) is 0.0786. The van der Waals surface area contributed by atoms with Crippen LogP contribution in [-0.2, 0) is 17.6 Å².